The Balaban J connectivity index is 1.63. The van der Waals surface area contributed by atoms with Crippen LogP contribution in [0.2, 0.25) is 0 Å². The molecule has 0 aliphatic heterocycles. The van der Waals surface area contributed by atoms with Crippen LogP contribution in [0.4, 0.5) is 17.5 Å². The van der Waals surface area contributed by atoms with Crippen molar-refractivity contribution in [3.8, 4) is 6.07 Å². The molecular formula is C38H36N6. The van der Waals surface area contributed by atoms with E-state index < -0.39 is 0 Å². The van der Waals surface area contributed by atoms with Gasteiger partial charge in [-0.2, -0.15) is 5.26 Å². The van der Waals surface area contributed by atoms with Crippen molar-refractivity contribution in [2.24, 2.45) is 0 Å². The van der Waals surface area contributed by atoms with Gasteiger partial charge in [0, 0.05) is 26.2 Å². The van der Waals surface area contributed by atoms with E-state index in [2.05, 4.69) is 96.9 Å². The van der Waals surface area contributed by atoms with E-state index >= 15 is 0 Å². The first kappa shape index (κ1) is 30.0. The van der Waals surface area contributed by atoms with Crippen molar-refractivity contribution in [1.29, 1.82) is 5.26 Å². The van der Waals surface area contributed by atoms with Gasteiger partial charge in [0.1, 0.15) is 6.07 Å². The molecule has 4 aromatic carbocycles. The zero-order chi connectivity index (χ0) is 31.1. The van der Waals surface area contributed by atoms with Crippen LogP contribution in [-0.4, -0.2) is 9.97 Å². The standard InChI is InChI=1S/C38H36N6/c1-27-14-6-10-18-31(27)23-43(24-32-19-11-7-15-28(32)2)37-35(22-39)41-38(36(40-5)42-37)44(25-33-20-12-8-16-29(33)3)26-34-21-13-9-17-30(34)4/h6-21H,23-26H2,1-4H3. The molecule has 0 N–H and O–H groups in total. The molecule has 0 saturated carbocycles. The van der Waals surface area contributed by atoms with Crippen molar-refractivity contribution >= 4 is 17.5 Å². The first-order valence-electron chi connectivity index (χ1n) is 14.8. The molecule has 0 saturated heterocycles. The van der Waals surface area contributed by atoms with Crippen molar-refractivity contribution in [3.05, 3.63) is 159 Å². The molecule has 1 aromatic heterocycles. The van der Waals surface area contributed by atoms with Gasteiger partial charge in [-0.15, -0.1) is 0 Å². The fraction of sp³-hybridized carbons (Fsp3) is 0.211. The Bertz CT molecular complexity index is 1630. The van der Waals surface area contributed by atoms with E-state index in [-0.39, 0.29) is 11.5 Å². The molecule has 6 heteroatoms. The lowest BCUT2D eigenvalue weighted by Gasteiger charge is -2.28. The third-order valence-electron chi connectivity index (χ3n) is 8.14. The second-order valence-electron chi connectivity index (χ2n) is 11.2. The molecule has 0 aliphatic carbocycles. The summed E-state index contributed by atoms with van der Waals surface area (Å²) >= 11 is 0. The molecule has 0 unspecified atom stereocenters. The molecule has 5 aromatic rings. The molecule has 0 fully saturated rings. The Morgan fingerprint density at radius 3 is 1.23 bits per heavy atom. The van der Waals surface area contributed by atoms with Gasteiger partial charge >= 0.3 is 5.82 Å². The fourth-order valence-electron chi connectivity index (χ4n) is 5.38. The van der Waals surface area contributed by atoms with Crippen LogP contribution in [0, 0.1) is 45.6 Å². The Kier molecular flexibility index (Phi) is 9.33. The van der Waals surface area contributed by atoms with E-state index in [0.29, 0.717) is 37.8 Å². The summed E-state index contributed by atoms with van der Waals surface area (Å²) in [6.07, 6.45) is 0. The van der Waals surface area contributed by atoms with Gasteiger partial charge in [0.2, 0.25) is 5.69 Å². The normalized spacial score (nSPS) is 10.6. The number of rotatable bonds is 10. The maximum Gasteiger partial charge on any atom is 0.314 e. The summed E-state index contributed by atoms with van der Waals surface area (Å²) in [5, 5.41) is 10.5. The van der Waals surface area contributed by atoms with Gasteiger partial charge in [-0.05, 0) is 72.2 Å². The van der Waals surface area contributed by atoms with Crippen LogP contribution in [0.1, 0.15) is 50.2 Å². The average Bonchev–Trinajstić information content (AvgIpc) is 3.03. The number of aromatic nitrogens is 2. The Labute approximate surface area is 260 Å². The lowest BCUT2D eigenvalue weighted by atomic mass is 10.1. The lowest BCUT2D eigenvalue weighted by molar-refractivity contribution is 0.755. The molecule has 0 bridgehead atoms. The van der Waals surface area contributed by atoms with Crippen LogP contribution in [0.25, 0.3) is 4.85 Å². The number of nitriles is 1. The van der Waals surface area contributed by atoms with Gasteiger partial charge in [0.25, 0.3) is 5.82 Å². The monoisotopic (exact) mass is 576 g/mol. The lowest BCUT2D eigenvalue weighted by Crippen LogP contribution is -2.28. The Hall–Kier alpha value is -5.46. The molecule has 0 amide bonds. The van der Waals surface area contributed by atoms with Gasteiger partial charge < -0.3 is 14.6 Å². The van der Waals surface area contributed by atoms with E-state index in [1.165, 1.54) is 0 Å². The summed E-state index contributed by atoms with van der Waals surface area (Å²) < 4.78 is 0. The van der Waals surface area contributed by atoms with Crippen LogP contribution in [0.15, 0.2) is 97.1 Å². The highest BCUT2D eigenvalue weighted by molar-refractivity contribution is 5.68. The maximum atomic E-state index is 10.5. The predicted octanol–water partition coefficient (Wildman–Crippen LogP) is 8.55. The number of benzene rings is 4. The van der Waals surface area contributed by atoms with E-state index in [0.717, 1.165) is 44.5 Å². The molecule has 218 valence electrons. The largest absolute Gasteiger partial charge is 0.358 e. The molecule has 0 atom stereocenters. The summed E-state index contributed by atoms with van der Waals surface area (Å²) in [5.41, 5.74) is 9.32. The van der Waals surface area contributed by atoms with E-state index in [9.17, 15) is 5.26 Å². The first-order valence-corrected chi connectivity index (χ1v) is 14.8. The van der Waals surface area contributed by atoms with Crippen molar-refractivity contribution in [2.45, 2.75) is 53.9 Å². The molecule has 0 aliphatic rings. The SMILES string of the molecule is [C-]#[N+]c1nc(N(Cc2ccccc2C)Cc2ccccc2C)c(C#N)nc1N(Cc1ccccc1C)Cc1ccccc1C. The fourth-order valence-corrected chi connectivity index (χ4v) is 5.38. The number of hydrogen-bond acceptors (Lipinski definition) is 5. The van der Waals surface area contributed by atoms with Crippen molar-refractivity contribution < 1.29 is 0 Å². The quantitative estimate of drug-likeness (QED) is 0.156. The zero-order valence-corrected chi connectivity index (χ0v) is 25.7. The molecule has 5 rings (SSSR count). The minimum absolute atomic E-state index is 0.181. The summed E-state index contributed by atoms with van der Waals surface area (Å²) in [6, 6.07) is 35.2. The number of hydrogen-bond donors (Lipinski definition) is 0. The van der Waals surface area contributed by atoms with Crippen LogP contribution in [0.3, 0.4) is 0 Å². The molecule has 44 heavy (non-hydrogen) atoms. The summed E-state index contributed by atoms with van der Waals surface area (Å²) in [6.45, 7) is 18.6. The van der Waals surface area contributed by atoms with Crippen LogP contribution in [0.5, 0.6) is 0 Å². The van der Waals surface area contributed by atoms with Crippen molar-refractivity contribution in [1.82, 2.24) is 9.97 Å². The molecule has 1 heterocycles. The minimum atomic E-state index is 0.181. The highest BCUT2D eigenvalue weighted by Gasteiger charge is 2.26. The maximum absolute atomic E-state index is 10.5. The number of anilines is 2. The van der Waals surface area contributed by atoms with Crippen molar-refractivity contribution in [3.63, 3.8) is 0 Å². The van der Waals surface area contributed by atoms with E-state index in [4.69, 9.17) is 16.5 Å². The highest BCUT2D eigenvalue weighted by Crippen LogP contribution is 2.34. The van der Waals surface area contributed by atoms with Gasteiger partial charge in [-0.25, -0.2) is 4.98 Å². The minimum Gasteiger partial charge on any atom is -0.358 e. The topological polar surface area (TPSA) is 60.4 Å². The zero-order valence-electron chi connectivity index (χ0n) is 25.7. The first-order chi connectivity index (χ1) is 21.4. The van der Waals surface area contributed by atoms with Crippen LogP contribution >= 0.6 is 0 Å². The van der Waals surface area contributed by atoms with Crippen LogP contribution in [-0.2, 0) is 26.2 Å². The summed E-state index contributed by atoms with van der Waals surface area (Å²) in [7, 11) is 0. The molecule has 6 nitrogen and oxygen atoms in total. The Morgan fingerprint density at radius 1 is 0.568 bits per heavy atom. The van der Waals surface area contributed by atoms with Gasteiger partial charge in [0.15, 0.2) is 5.82 Å². The predicted molar refractivity (Wildman–Crippen MR) is 177 cm³/mol. The third-order valence-corrected chi connectivity index (χ3v) is 8.14. The van der Waals surface area contributed by atoms with Gasteiger partial charge in [-0.3, -0.25) is 0 Å². The summed E-state index contributed by atoms with van der Waals surface area (Å²) in [4.78, 5) is 17.8. The van der Waals surface area contributed by atoms with E-state index in [1.807, 2.05) is 48.5 Å². The molecule has 0 radical (unpaired) electrons. The second-order valence-corrected chi connectivity index (χ2v) is 11.2. The smallest absolute Gasteiger partial charge is 0.314 e. The van der Waals surface area contributed by atoms with Crippen LogP contribution < -0.4 is 9.80 Å². The number of nitrogens with zero attached hydrogens (tertiary/aromatic N) is 6. The average molecular weight is 577 g/mol. The van der Waals surface area contributed by atoms with Gasteiger partial charge in [-0.1, -0.05) is 109 Å². The summed E-state index contributed by atoms with van der Waals surface area (Å²) in [5.74, 6) is 1.01. The highest BCUT2D eigenvalue weighted by atomic mass is 15.3. The van der Waals surface area contributed by atoms with E-state index in [1.54, 1.807) is 0 Å². The van der Waals surface area contributed by atoms with Gasteiger partial charge in [0.05, 0.1) is 0 Å². The van der Waals surface area contributed by atoms with Crippen molar-refractivity contribution in [2.75, 3.05) is 9.80 Å². The second kappa shape index (κ2) is 13.7. The Morgan fingerprint density at radius 2 is 0.909 bits per heavy atom. The number of aryl methyl sites for hydroxylation is 4. The molecule has 0 spiro atoms. The third kappa shape index (κ3) is 6.77. The molecular weight excluding hydrogens is 540 g/mol.